The molecule has 20 heavy (non-hydrogen) atoms. The molecule has 1 N–H and O–H groups in total. The molecule has 1 aliphatic carbocycles. The lowest BCUT2D eigenvalue weighted by molar-refractivity contribution is 0.102. The van der Waals surface area contributed by atoms with Gasteiger partial charge in [-0.1, -0.05) is 0 Å². The predicted molar refractivity (Wildman–Crippen MR) is 79.3 cm³/mol. The molecule has 0 aromatic carbocycles. The van der Waals surface area contributed by atoms with Crippen LogP contribution in [0.5, 0.6) is 0 Å². The molecule has 5 nitrogen and oxygen atoms in total. The van der Waals surface area contributed by atoms with E-state index in [1.807, 2.05) is 12.1 Å². The lowest BCUT2D eigenvalue weighted by Crippen LogP contribution is -2.22. The van der Waals surface area contributed by atoms with E-state index in [0.717, 1.165) is 29.0 Å². The topological polar surface area (TPSA) is 58.1 Å². The Hall–Kier alpha value is -1.95. The molecule has 0 atom stereocenters. The van der Waals surface area contributed by atoms with Crippen molar-refractivity contribution < 1.29 is 4.79 Å². The summed E-state index contributed by atoms with van der Waals surface area (Å²) in [6, 6.07) is 7.65. The quantitative estimate of drug-likeness (QED) is 0.816. The Morgan fingerprint density at radius 1 is 1.25 bits per heavy atom. The van der Waals surface area contributed by atoms with Crippen LogP contribution in [0.25, 0.3) is 0 Å². The Kier molecular flexibility index (Phi) is 2.53. The highest BCUT2D eigenvalue weighted by atomic mass is 79.9. The molecular formula is C14H11BrN4O. The number of carbonyl (C=O) groups is 1. The Balaban J connectivity index is 1.99. The Labute approximate surface area is 124 Å². The number of pyridine rings is 2. The molecule has 1 fully saturated rings. The van der Waals surface area contributed by atoms with E-state index < -0.39 is 0 Å². The van der Waals surface area contributed by atoms with Gasteiger partial charge in [-0.2, -0.15) is 0 Å². The van der Waals surface area contributed by atoms with Gasteiger partial charge in [-0.05, 0) is 53.0 Å². The number of amides is 1. The molecule has 1 aliphatic heterocycles. The molecule has 3 heterocycles. The van der Waals surface area contributed by atoms with Crippen LogP contribution in [0.4, 0.5) is 17.3 Å². The molecule has 100 valence electrons. The van der Waals surface area contributed by atoms with Crippen molar-refractivity contribution in [3.05, 3.63) is 40.6 Å². The van der Waals surface area contributed by atoms with Gasteiger partial charge in [-0.3, -0.25) is 4.79 Å². The maximum absolute atomic E-state index is 12.3. The third kappa shape index (κ3) is 1.79. The van der Waals surface area contributed by atoms with Crippen LogP contribution in [0.2, 0.25) is 0 Å². The molecule has 0 saturated heterocycles. The number of nitrogens with zero attached hydrogens (tertiary/aromatic N) is 3. The molecule has 1 amide bonds. The smallest absolute Gasteiger partial charge is 0.259 e. The Bertz CT molecular complexity index is 714. The third-order valence-electron chi connectivity index (χ3n) is 3.49. The predicted octanol–water partition coefficient (Wildman–Crippen LogP) is 3.11. The summed E-state index contributed by atoms with van der Waals surface area (Å²) in [5, 5.41) is 2.91. The van der Waals surface area contributed by atoms with Crippen molar-refractivity contribution >= 4 is 39.2 Å². The van der Waals surface area contributed by atoms with Crippen molar-refractivity contribution in [3.63, 3.8) is 0 Å². The second kappa shape index (κ2) is 4.28. The molecule has 0 bridgehead atoms. The molecule has 2 aromatic rings. The van der Waals surface area contributed by atoms with Crippen LogP contribution in [0.1, 0.15) is 23.2 Å². The van der Waals surface area contributed by atoms with Crippen LogP contribution in [0, 0.1) is 0 Å². The van der Waals surface area contributed by atoms with E-state index in [4.69, 9.17) is 0 Å². The first kappa shape index (κ1) is 11.8. The molecular weight excluding hydrogens is 320 g/mol. The van der Waals surface area contributed by atoms with Crippen molar-refractivity contribution in [3.8, 4) is 0 Å². The zero-order valence-corrected chi connectivity index (χ0v) is 12.1. The van der Waals surface area contributed by atoms with Crippen molar-refractivity contribution in [2.45, 2.75) is 18.9 Å². The number of rotatable bonds is 1. The van der Waals surface area contributed by atoms with E-state index in [1.54, 1.807) is 18.3 Å². The van der Waals surface area contributed by atoms with Gasteiger partial charge >= 0.3 is 0 Å². The van der Waals surface area contributed by atoms with Gasteiger partial charge in [0, 0.05) is 12.2 Å². The highest BCUT2D eigenvalue weighted by Crippen LogP contribution is 2.43. The van der Waals surface area contributed by atoms with Crippen LogP contribution in [-0.2, 0) is 0 Å². The average molecular weight is 331 g/mol. The fourth-order valence-electron chi connectivity index (χ4n) is 2.44. The van der Waals surface area contributed by atoms with Crippen LogP contribution in [0.3, 0.4) is 0 Å². The molecule has 0 radical (unpaired) electrons. The summed E-state index contributed by atoms with van der Waals surface area (Å²) in [6.07, 6.45) is 3.90. The minimum Gasteiger partial charge on any atom is -0.319 e. The third-order valence-corrected chi connectivity index (χ3v) is 3.93. The molecule has 6 heteroatoms. The molecule has 1 saturated carbocycles. The average Bonchev–Trinajstić information content (AvgIpc) is 3.27. The summed E-state index contributed by atoms with van der Waals surface area (Å²) in [5.74, 6) is 1.31. The molecule has 2 aromatic heterocycles. The highest BCUT2D eigenvalue weighted by Gasteiger charge is 2.37. The lowest BCUT2D eigenvalue weighted by Gasteiger charge is -2.23. The second-order valence-corrected chi connectivity index (χ2v) is 5.75. The highest BCUT2D eigenvalue weighted by molar-refractivity contribution is 9.10. The number of anilines is 3. The summed E-state index contributed by atoms with van der Waals surface area (Å²) in [4.78, 5) is 23.3. The number of aromatic nitrogens is 2. The Morgan fingerprint density at radius 2 is 2.10 bits per heavy atom. The first-order valence-electron chi connectivity index (χ1n) is 6.46. The largest absolute Gasteiger partial charge is 0.319 e. The van der Waals surface area contributed by atoms with E-state index >= 15 is 0 Å². The van der Waals surface area contributed by atoms with Crippen molar-refractivity contribution in [1.29, 1.82) is 0 Å². The van der Waals surface area contributed by atoms with E-state index in [2.05, 4.69) is 36.1 Å². The van der Waals surface area contributed by atoms with Gasteiger partial charge in [0.2, 0.25) is 0 Å². The number of halogens is 1. The number of hydrogen-bond acceptors (Lipinski definition) is 4. The van der Waals surface area contributed by atoms with Gasteiger partial charge in [0.15, 0.2) is 5.82 Å². The van der Waals surface area contributed by atoms with Gasteiger partial charge in [-0.15, -0.1) is 0 Å². The number of nitrogens with one attached hydrogen (secondary N) is 1. The van der Waals surface area contributed by atoms with E-state index in [9.17, 15) is 4.79 Å². The fraction of sp³-hybridized carbons (Fsp3) is 0.214. The second-order valence-electron chi connectivity index (χ2n) is 4.94. The maximum atomic E-state index is 12.3. The molecule has 2 aliphatic rings. The Morgan fingerprint density at radius 3 is 2.90 bits per heavy atom. The van der Waals surface area contributed by atoms with Gasteiger partial charge in [0.1, 0.15) is 10.4 Å². The van der Waals surface area contributed by atoms with Crippen LogP contribution >= 0.6 is 15.9 Å². The summed E-state index contributed by atoms with van der Waals surface area (Å²) in [6.45, 7) is 0. The summed E-state index contributed by atoms with van der Waals surface area (Å²) < 4.78 is 0.746. The number of carbonyl (C=O) groups excluding carboxylic acids is 1. The van der Waals surface area contributed by atoms with Crippen molar-refractivity contribution in [2.24, 2.45) is 0 Å². The lowest BCUT2D eigenvalue weighted by atomic mass is 10.2. The van der Waals surface area contributed by atoms with E-state index in [1.165, 1.54) is 0 Å². The fourth-order valence-corrected chi connectivity index (χ4v) is 2.74. The van der Waals surface area contributed by atoms with Crippen LogP contribution in [-0.4, -0.2) is 21.9 Å². The first-order valence-corrected chi connectivity index (χ1v) is 7.25. The monoisotopic (exact) mass is 330 g/mol. The van der Waals surface area contributed by atoms with Gasteiger partial charge in [0.05, 0.1) is 11.3 Å². The molecule has 0 spiro atoms. The van der Waals surface area contributed by atoms with Crippen LogP contribution in [0.15, 0.2) is 35.1 Å². The normalized spacial score (nSPS) is 17.1. The van der Waals surface area contributed by atoms with E-state index in [-0.39, 0.29) is 5.91 Å². The van der Waals surface area contributed by atoms with Crippen molar-refractivity contribution in [1.82, 2.24) is 9.97 Å². The standard InChI is InChI=1S/C14H11BrN4O/c15-11-6-5-10-13(18-11)19(8-3-4-8)12-9(14(20)17-10)2-1-7-16-12/h1-2,5-8H,3-4H2,(H,17,20). The zero-order valence-electron chi connectivity index (χ0n) is 10.5. The minimum atomic E-state index is -0.137. The molecule has 4 rings (SSSR count). The van der Waals surface area contributed by atoms with E-state index in [0.29, 0.717) is 17.4 Å². The van der Waals surface area contributed by atoms with Gasteiger partial charge < -0.3 is 10.2 Å². The number of fused-ring (bicyclic) bond motifs is 2. The number of hydrogen-bond donors (Lipinski definition) is 1. The summed E-state index contributed by atoms with van der Waals surface area (Å²) >= 11 is 3.40. The summed E-state index contributed by atoms with van der Waals surface area (Å²) in [7, 11) is 0. The van der Waals surface area contributed by atoms with Crippen molar-refractivity contribution in [2.75, 3.05) is 10.2 Å². The van der Waals surface area contributed by atoms with Crippen LogP contribution < -0.4 is 10.2 Å². The summed E-state index contributed by atoms with van der Waals surface area (Å²) in [5.41, 5.74) is 1.32. The first-order chi connectivity index (χ1) is 9.74. The SMILES string of the molecule is O=C1Nc2ccc(Br)nc2N(C2CC2)c2ncccc21. The van der Waals surface area contributed by atoms with Gasteiger partial charge in [0.25, 0.3) is 5.91 Å². The minimum absolute atomic E-state index is 0.137. The van der Waals surface area contributed by atoms with Gasteiger partial charge in [-0.25, -0.2) is 9.97 Å². The molecule has 0 unspecified atom stereocenters. The zero-order chi connectivity index (χ0) is 13.7. The maximum Gasteiger partial charge on any atom is 0.259 e.